The van der Waals surface area contributed by atoms with Gasteiger partial charge < -0.3 is 14.8 Å². The third-order valence-corrected chi connectivity index (χ3v) is 6.58. The van der Waals surface area contributed by atoms with E-state index in [1.165, 1.54) is 6.07 Å². The number of halogens is 2. The van der Waals surface area contributed by atoms with Crippen molar-refractivity contribution in [3.63, 3.8) is 0 Å². The molecule has 3 aromatic carbocycles. The molecule has 178 valence electrons. The van der Waals surface area contributed by atoms with Gasteiger partial charge in [-0.2, -0.15) is 0 Å². The Morgan fingerprint density at radius 3 is 2.56 bits per heavy atom. The largest absolute Gasteiger partial charge is 0.493 e. The highest BCUT2D eigenvalue weighted by Gasteiger charge is 2.34. The Kier molecular flexibility index (Phi) is 7.39. The van der Waals surface area contributed by atoms with Gasteiger partial charge in [0.1, 0.15) is 5.82 Å². The van der Waals surface area contributed by atoms with E-state index in [1.54, 1.807) is 50.6 Å². The average Bonchev–Trinajstić information content (AvgIpc) is 2.83. The third-order valence-electron chi connectivity index (χ3n) is 6.25. The van der Waals surface area contributed by atoms with Crippen molar-refractivity contribution in [1.82, 2.24) is 10.2 Å². The lowest BCUT2D eigenvalue weighted by molar-refractivity contribution is 0.0877. The summed E-state index contributed by atoms with van der Waals surface area (Å²) in [6.45, 7) is 3.27. The normalized spacial score (nSPS) is 16.4. The Hall–Kier alpha value is -3.09. The number of carbonyl (C=O) groups is 1. The molecule has 7 heteroatoms. The van der Waals surface area contributed by atoms with Gasteiger partial charge in [0.05, 0.1) is 30.8 Å². The van der Waals surface area contributed by atoms with Crippen molar-refractivity contribution in [2.24, 2.45) is 0 Å². The number of methoxy groups -OCH3 is 2. The van der Waals surface area contributed by atoms with Gasteiger partial charge in [-0.15, -0.1) is 0 Å². The fourth-order valence-electron chi connectivity index (χ4n) is 4.67. The van der Waals surface area contributed by atoms with Crippen LogP contribution < -0.4 is 14.8 Å². The van der Waals surface area contributed by atoms with E-state index >= 15 is 0 Å². The van der Waals surface area contributed by atoms with E-state index in [1.807, 2.05) is 25.1 Å². The zero-order valence-electron chi connectivity index (χ0n) is 19.5. The second-order valence-corrected chi connectivity index (χ2v) is 8.85. The SMILES string of the molecule is COc1cc2c(cc1OC)[C@H]([C@H](C)NC(=O)c1ccccc1Cl)N(Cc1cccc(F)c1)CC2. The number of hydrogen-bond donors (Lipinski definition) is 1. The van der Waals surface area contributed by atoms with Crippen LogP contribution in [0.25, 0.3) is 0 Å². The van der Waals surface area contributed by atoms with E-state index in [9.17, 15) is 9.18 Å². The average molecular weight is 483 g/mol. The number of fused-ring (bicyclic) bond motifs is 1. The topological polar surface area (TPSA) is 50.8 Å². The molecule has 0 unspecified atom stereocenters. The quantitative estimate of drug-likeness (QED) is 0.489. The number of hydrogen-bond acceptors (Lipinski definition) is 4. The van der Waals surface area contributed by atoms with Gasteiger partial charge in [-0.05, 0) is 66.4 Å². The summed E-state index contributed by atoms with van der Waals surface area (Å²) in [5, 5.41) is 3.53. The van der Waals surface area contributed by atoms with Crippen LogP contribution in [-0.2, 0) is 13.0 Å². The van der Waals surface area contributed by atoms with E-state index in [-0.39, 0.29) is 23.8 Å². The van der Waals surface area contributed by atoms with Gasteiger partial charge >= 0.3 is 0 Å². The highest BCUT2D eigenvalue weighted by molar-refractivity contribution is 6.33. The molecule has 0 aromatic heterocycles. The fraction of sp³-hybridized carbons (Fsp3) is 0.296. The van der Waals surface area contributed by atoms with Gasteiger partial charge in [0.15, 0.2) is 11.5 Å². The van der Waals surface area contributed by atoms with Crippen LogP contribution in [0.15, 0.2) is 60.7 Å². The molecular weight excluding hydrogens is 455 g/mol. The van der Waals surface area contributed by atoms with E-state index in [0.29, 0.717) is 28.6 Å². The maximum Gasteiger partial charge on any atom is 0.253 e. The molecule has 0 saturated carbocycles. The van der Waals surface area contributed by atoms with Crippen LogP contribution in [0, 0.1) is 5.82 Å². The molecule has 34 heavy (non-hydrogen) atoms. The lowest BCUT2D eigenvalue weighted by atomic mass is 9.87. The second-order valence-electron chi connectivity index (χ2n) is 8.44. The summed E-state index contributed by atoms with van der Waals surface area (Å²) < 4.78 is 24.9. The van der Waals surface area contributed by atoms with E-state index in [2.05, 4.69) is 10.2 Å². The highest BCUT2D eigenvalue weighted by atomic mass is 35.5. The summed E-state index contributed by atoms with van der Waals surface area (Å²) >= 11 is 6.26. The van der Waals surface area contributed by atoms with E-state index in [0.717, 1.165) is 29.7 Å². The summed E-state index contributed by atoms with van der Waals surface area (Å²) in [6, 6.07) is 17.2. The molecular formula is C27H28ClFN2O3. The molecule has 0 spiro atoms. The summed E-state index contributed by atoms with van der Waals surface area (Å²) in [7, 11) is 3.22. The van der Waals surface area contributed by atoms with Crippen LogP contribution >= 0.6 is 11.6 Å². The minimum atomic E-state index is -0.269. The van der Waals surface area contributed by atoms with Crippen molar-refractivity contribution < 1.29 is 18.7 Å². The molecule has 0 bridgehead atoms. The first-order chi connectivity index (χ1) is 16.4. The predicted molar refractivity (Wildman–Crippen MR) is 131 cm³/mol. The standard InChI is InChI=1S/C27H28ClFN2O3/c1-17(30-27(32)21-9-4-5-10-23(21)28)26-22-15-25(34-3)24(33-2)14-19(22)11-12-31(26)16-18-7-6-8-20(29)13-18/h4-10,13-15,17,26H,11-12,16H2,1-3H3,(H,30,32)/t17-,26-/m0/s1. The summed E-state index contributed by atoms with van der Waals surface area (Å²) in [5.74, 6) is 0.796. The Morgan fingerprint density at radius 2 is 1.85 bits per heavy atom. The lowest BCUT2D eigenvalue weighted by Gasteiger charge is -2.41. The van der Waals surface area contributed by atoms with Gasteiger partial charge in [-0.1, -0.05) is 35.9 Å². The summed E-state index contributed by atoms with van der Waals surface area (Å²) in [4.78, 5) is 15.3. The first kappa shape index (κ1) is 24.0. The number of benzene rings is 3. The Morgan fingerprint density at radius 1 is 1.12 bits per heavy atom. The summed E-state index contributed by atoms with van der Waals surface area (Å²) in [6.07, 6.45) is 0.798. The smallest absolute Gasteiger partial charge is 0.253 e. The minimum absolute atomic E-state index is 0.168. The molecule has 0 aliphatic carbocycles. The van der Waals surface area contributed by atoms with Gasteiger partial charge in [0, 0.05) is 19.1 Å². The van der Waals surface area contributed by atoms with Crippen molar-refractivity contribution in [2.45, 2.75) is 32.0 Å². The number of amides is 1. The minimum Gasteiger partial charge on any atom is -0.493 e. The molecule has 5 nitrogen and oxygen atoms in total. The zero-order chi connectivity index (χ0) is 24.2. The molecule has 0 saturated heterocycles. The highest BCUT2D eigenvalue weighted by Crippen LogP contribution is 2.40. The van der Waals surface area contributed by atoms with Crippen molar-refractivity contribution >= 4 is 17.5 Å². The zero-order valence-corrected chi connectivity index (χ0v) is 20.2. The van der Waals surface area contributed by atoms with Crippen LogP contribution in [0.5, 0.6) is 11.5 Å². The molecule has 1 heterocycles. The van der Waals surface area contributed by atoms with Crippen LogP contribution in [-0.4, -0.2) is 37.6 Å². The van der Waals surface area contributed by atoms with Crippen molar-refractivity contribution in [2.75, 3.05) is 20.8 Å². The van der Waals surface area contributed by atoms with E-state index < -0.39 is 0 Å². The maximum atomic E-state index is 13.9. The number of ether oxygens (including phenoxy) is 2. The fourth-order valence-corrected chi connectivity index (χ4v) is 4.89. The number of nitrogens with zero attached hydrogens (tertiary/aromatic N) is 1. The Bertz CT molecular complexity index is 1190. The molecule has 0 radical (unpaired) electrons. The van der Waals surface area contributed by atoms with Crippen molar-refractivity contribution in [3.8, 4) is 11.5 Å². The van der Waals surface area contributed by atoms with Crippen LogP contribution in [0.4, 0.5) is 4.39 Å². The molecule has 4 rings (SSSR count). The van der Waals surface area contributed by atoms with E-state index in [4.69, 9.17) is 21.1 Å². The Balaban J connectivity index is 1.70. The molecule has 2 atom stereocenters. The lowest BCUT2D eigenvalue weighted by Crippen LogP contribution is -2.47. The van der Waals surface area contributed by atoms with Crippen LogP contribution in [0.2, 0.25) is 5.02 Å². The first-order valence-electron chi connectivity index (χ1n) is 11.2. The van der Waals surface area contributed by atoms with Gasteiger partial charge in [-0.25, -0.2) is 4.39 Å². The molecule has 1 aliphatic heterocycles. The van der Waals surface area contributed by atoms with Crippen LogP contribution in [0.3, 0.4) is 0 Å². The second kappa shape index (κ2) is 10.5. The number of nitrogens with one attached hydrogen (secondary N) is 1. The van der Waals surface area contributed by atoms with Gasteiger partial charge in [0.25, 0.3) is 5.91 Å². The molecule has 1 N–H and O–H groups in total. The first-order valence-corrected chi connectivity index (χ1v) is 11.6. The predicted octanol–water partition coefficient (Wildman–Crippen LogP) is 5.41. The van der Waals surface area contributed by atoms with Crippen molar-refractivity contribution in [3.05, 3.63) is 93.8 Å². The number of rotatable bonds is 7. The molecule has 3 aromatic rings. The molecule has 0 fully saturated rings. The summed E-state index contributed by atoms with van der Waals surface area (Å²) in [5.41, 5.74) is 3.49. The van der Waals surface area contributed by atoms with Crippen LogP contribution in [0.1, 0.15) is 40.0 Å². The monoisotopic (exact) mass is 482 g/mol. The van der Waals surface area contributed by atoms with Gasteiger partial charge in [-0.3, -0.25) is 9.69 Å². The Labute approximate surface area is 204 Å². The van der Waals surface area contributed by atoms with Crippen molar-refractivity contribution in [1.29, 1.82) is 0 Å². The molecule has 1 amide bonds. The third kappa shape index (κ3) is 5.03. The van der Waals surface area contributed by atoms with Gasteiger partial charge in [0.2, 0.25) is 0 Å². The number of carbonyl (C=O) groups excluding carboxylic acids is 1. The molecule has 1 aliphatic rings. The maximum absolute atomic E-state index is 13.9.